The summed E-state index contributed by atoms with van der Waals surface area (Å²) < 4.78 is 10.6. The molecule has 122 valence electrons. The van der Waals surface area contributed by atoms with E-state index in [4.69, 9.17) is 21.1 Å². The molecule has 3 rings (SSSR count). The molecule has 23 heavy (non-hydrogen) atoms. The van der Waals surface area contributed by atoms with Gasteiger partial charge in [-0.2, -0.15) is 5.10 Å². The number of aromatic amines is 1. The van der Waals surface area contributed by atoms with Crippen molar-refractivity contribution in [2.45, 2.75) is 12.8 Å². The summed E-state index contributed by atoms with van der Waals surface area (Å²) in [5, 5.41) is 10.4. The average Bonchev–Trinajstić information content (AvgIpc) is 3.19. The van der Waals surface area contributed by atoms with Gasteiger partial charge < -0.3 is 14.8 Å². The number of rotatable bonds is 5. The van der Waals surface area contributed by atoms with Gasteiger partial charge in [0.15, 0.2) is 5.82 Å². The van der Waals surface area contributed by atoms with Crippen LogP contribution in [0.25, 0.3) is 11.3 Å². The van der Waals surface area contributed by atoms with E-state index in [0.717, 1.165) is 24.3 Å². The van der Waals surface area contributed by atoms with Crippen molar-refractivity contribution in [1.82, 2.24) is 10.2 Å². The molecule has 1 aromatic carbocycles. The number of amides is 1. The monoisotopic (exact) mass is 335 g/mol. The third-order valence-electron chi connectivity index (χ3n) is 3.80. The fourth-order valence-corrected chi connectivity index (χ4v) is 2.79. The van der Waals surface area contributed by atoms with Crippen molar-refractivity contribution < 1.29 is 14.3 Å². The van der Waals surface area contributed by atoms with E-state index in [1.807, 2.05) is 0 Å². The number of aromatic nitrogens is 2. The number of H-pyrrole nitrogens is 1. The summed E-state index contributed by atoms with van der Waals surface area (Å²) in [5.74, 6) is 1.39. The number of nitrogens with one attached hydrogen (secondary N) is 2. The first-order valence-corrected chi connectivity index (χ1v) is 7.80. The molecule has 1 fully saturated rings. The van der Waals surface area contributed by atoms with Crippen LogP contribution in [0.15, 0.2) is 24.3 Å². The largest absolute Gasteiger partial charge is 0.496 e. The highest BCUT2D eigenvalue weighted by atomic mass is 35.5. The van der Waals surface area contributed by atoms with E-state index in [1.54, 1.807) is 31.4 Å². The number of anilines is 1. The molecule has 1 aliphatic heterocycles. The van der Waals surface area contributed by atoms with Crippen LogP contribution in [0.1, 0.15) is 12.8 Å². The second-order valence-electron chi connectivity index (χ2n) is 5.49. The number of benzene rings is 1. The molecular formula is C16H18ClN3O3. The average molecular weight is 336 g/mol. The number of methoxy groups -OCH3 is 1. The lowest BCUT2D eigenvalue weighted by atomic mass is 10.1. The van der Waals surface area contributed by atoms with E-state index in [2.05, 4.69) is 15.5 Å². The zero-order chi connectivity index (χ0) is 16.2. The van der Waals surface area contributed by atoms with E-state index in [1.165, 1.54) is 0 Å². The van der Waals surface area contributed by atoms with Crippen molar-refractivity contribution in [3.05, 3.63) is 29.3 Å². The van der Waals surface area contributed by atoms with Crippen LogP contribution < -0.4 is 10.1 Å². The standard InChI is InChI=1S/C16H18ClN3O3/c1-22-14-3-2-11(17)7-12(14)13-8-15(20-19-13)18-16(21)6-10-4-5-23-9-10/h2-3,7-8,10H,4-6,9H2,1H3,(H2,18,19,20,21). The summed E-state index contributed by atoms with van der Waals surface area (Å²) >= 11 is 6.04. The molecule has 0 radical (unpaired) electrons. The van der Waals surface area contributed by atoms with Crippen LogP contribution in [0.5, 0.6) is 5.75 Å². The minimum atomic E-state index is -0.0587. The van der Waals surface area contributed by atoms with Gasteiger partial charge >= 0.3 is 0 Å². The van der Waals surface area contributed by atoms with Crippen molar-refractivity contribution in [3.63, 3.8) is 0 Å². The zero-order valence-corrected chi connectivity index (χ0v) is 13.5. The first-order chi connectivity index (χ1) is 11.2. The Morgan fingerprint density at radius 1 is 1.52 bits per heavy atom. The van der Waals surface area contributed by atoms with Gasteiger partial charge in [-0.25, -0.2) is 0 Å². The Bertz CT molecular complexity index is 696. The van der Waals surface area contributed by atoms with Gasteiger partial charge in [0.1, 0.15) is 5.75 Å². The number of hydrogen-bond acceptors (Lipinski definition) is 4. The van der Waals surface area contributed by atoms with E-state index < -0.39 is 0 Å². The van der Waals surface area contributed by atoms with E-state index in [-0.39, 0.29) is 5.91 Å². The molecule has 0 aliphatic carbocycles. The topological polar surface area (TPSA) is 76.2 Å². The quantitative estimate of drug-likeness (QED) is 0.880. The molecule has 7 heteroatoms. The van der Waals surface area contributed by atoms with Gasteiger partial charge in [-0.3, -0.25) is 9.89 Å². The Morgan fingerprint density at radius 2 is 2.39 bits per heavy atom. The molecule has 0 bridgehead atoms. The molecule has 1 saturated heterocycles. The summed E-state index contributed by atoms with van der Waals surface area (Å²) in [6, 6.07) is 7.09. The number of halogens is 1. The number of ether oxygens (including phenoxy) is 2. The lowest BCUT2D eigenvalue weighted by molar-refractivity contribution is -0.117. The van der Waals surface area contributed by atoms with Gasteiger partial charge in [0.05, 0.1) is 12.8 Å². The molecule has 1 atom stereocenters. The lowest BCUT2D eigenvalue weighted by Crippen LogP contribution is -2.16. The van der Waals surface area contributed by atoms with Gasteiger partial charge in [-0.05, 0) is 30.5 Å². The van der Waals surface area contributed by atoms with Crippen molar-refractivity contribution in [2.75, 3.05) is 25.6 Å². The summed E-state index contributed by atoms with van der Waals surface area (Å²) in [6.07, 6.45) is 1.38. The normalized spacial score (nSPS) is 17.2. The van der Waals surface area contributed by atoms with E-state index in [0.29, 0.717) is 35.5 Å². The Balaban J connectivity index is 1.70. The first-order valence-electron chi connectivity index (χ1n) is 7.42. The van der Waals surface area contributed by atoms with Crippen LogP contribution >= 0.6 is 11.6 Å². The molecule has 1 aliphatic rings. The van der Waals surface area contributed by atoms with E-state index in [9.17, 15) is 4.79 Å². The predicted molar refractivity (Wildman–Crippen MR) is 87.8 cm³/mol. The molecule has 2 aromatic rings. The second kappa shape index (κ2) is 7.02. The van der Waals surface area contributed by atoms with Crippen LogP contribution in [0.2, 0.25) is 5.02 Å². The second-order valence-corrected chi connectivity index (χ2v) is 5.93. The van der Waals surface area contributed by atoms with Crippen molar-refractivity contribution in [1.29, 1.82) is 0 Å². The maximum Gasteiger partial charge on any atom is 0.225 e. The zero-order valence-electron chi connectivity index (χ0n) is 12.8. The minimum Gasteiger partial charge on any atom is -0.496 e. The Morgan fingerprint density at radius 3 is 3.13 bits per heavy atom. The van der Waals surface area contributed by atoms with Crippen LogP contribution in [-0.2, 0) is 9.53 Å². The van der Waals surface area contributed by atoms with Gasteiger partial charge in [0, 0.05) is 36.3 Å². The predicted octanol–water partition coefficient (Wildman–Crippen LogP) is 3.10. The maximum atomic E-state index is 12.0. The summed E-state index contributed by atoms with van der Waals surface area (Å²) in [7, 11) is 1.59. The van der Waals surface area contributed by atoms with Gasteiger partial charge in [0.25, 0.3) is 0 Å². The summed E-state index contributed by atoms with van der Waals surface area (Å²) in [6.45, 7) is 1.39. The van der Waals surface area contributed by atoms with Gasteiger partial charge in [-0.1, -0.05) is 11.6 Å². The molecule has 1 amide bonds. The Labute approximate surface area is 139 Å². The minimum absolute atomic E-state index is 0.0587. The Hall–Kier alpha value is -2.05. The smallest absolute Gasteiger partial charge is 0.225 e. The van der Waals surface area contributed by atoms with Crippen LogP contribution in [0.4, 0.5) is 5.82 Å². The Kier molecular flexibility index (Phi) is 4.83. The number of carbonyl (C=O) groups excluding carboxylic acids is 1. The van der Waals surface area contributed by atoms with Crippen LogP contribution in [0.3, 0.4) is 0 Å². The molecular weight excluding hydrogens is 318 g/mol. The molecule has 0 spiro atoms. The molecule has 1 unspecified atom stereocenters. The van der Waals surface area contributed by atoms with Crippen LogP contribution in [-0.4, -0.2) is 36.4 Å². The van der Waals surface area contributed by atoms with E-state index >= 15 is 0 Å². The highest BCUT2D eigenvalue weighted by Crippen LogP contribution is 2.32. The van der Waals surface area contributed by atoms with Crippen molar-refractivity contribution in [2.24, 2.45) is 5.92 Å². The molecule has 2 heterocycles. The van der Waals surface area contributed by atoms with Crippen molar-refractivity contribution in [3.8, 4) is 17.0 Å². The highest BCUT2D eigenvalue weighted by Gasteiger charge is 2.20. The lowest BCUT2D eigenvalue weighted by Gasteiger charge is -2.07. The summed E-state index contributed by atoms with van der Waals surface area (Å²) in [4.78, 5) is 12.0. The fourth-order valence-electron chi connectivity index (χ4n) is 2.61. The molecule has 0 saturated carbocycles. The van der Waals surface area contributed by atoms with Gasteiger partial charge in [-0.15, -0.1) is 0 Å². The highest BCUT2D eigenvalue weighted by molar-refractivity contribution is 6.31. The van der Waals surface area contributed by atoms with Crippen molar-refractivity contribution >= 4 is 23.3 Å². The molecule has 2 N–H and O–H groups in total. The van der Waals surface area contributed by atoms with Crippen LogP contribution in [0, 0.1) is 5.92 Å². The number of carbonyl (C=O) groups is 1. The molecule has 6 nitrogen and oxygen atoms in total. The first kappa shape index (κ1) is 15.8. The third-order valence-corrected chi connectivity index (χ3v) is 4.03. The summed E-state index contributed by atoms with van der Waals surface area (Å²) in [5.41, 5.74) is 1.51. The fraction of sp³-hybridized carbons (Fsp3) is 0.375. The number of nitrogens with zero attached hydrogens (tertiary/aromatic N) is 1. The third kappa shape index (κ3) is 3.83. The maximum absolute atomic E-state index is 12.0. The number of hydrogen-bond donors (Lipinski definition) is 2. The van der Waals surface area contributed by atoms with Gasteiger partial charge in [0.2, 0.25) is 5.91 Å². The SMILES string of the molecule is COc1ccc(Cl)cc1-c1cc(NC(=O)CC2CCOC2)n[nH]1. The molecule has 1 aromatic heterocycles.